The summed E-state index contributed by atoms with van der Waals surface area (Å²) >= 11 is 0. The molecule has 2 aromatic rings. The predicted octanol–water partition coefficient (Wildman–Crippen LogP) is 2.49. The van der Waals surface area contributed by atoms with E-state index in [9.17, 15) is 9.79 Å². The van der Waals surface area contributed by atoms with Crippen LogP contribution in [0, 0.1) is 13.8 Å². The van der Waals surface area contributed by atoms with Crippen LogP contribution >= 0.6 is 7.94 Å². The van der Waals surface area contributed by atoms with Crippen LogP contribution in [-0.4, -0.2) is 9.79 Å². The zero-order valence-corrected chi connectivity index (χ0v) is 11.4. The van der Waals surface area contributed by atoms with Gasteiger partial charge in [-0.25, -0.2) is 0 Å². The van der Waals surface area contributed by atoms with Crippen molar-refractivity contribution in [3.63, 3.8) is 0 Å². The molecule has 0 amide bonds. The van der Waals surface area contributed by atoms with E-state index in [1.807, 2.05) is 26.0 Å². The van der Waals surface area contributed by atoms with E-state index in [0.717, 1.165) is 11.1 Å². The maximum absolute atomic E-state index is 10.1. The number of benzene rings is 2. The van der Waals surface area contributed by atoms with Gasteiger partial charge >= 0.3 is 107 Å². The molecule has 0 spiro atoms. The minimum atomic E-state index is -3.87. The van der Waals surface area contributed by atoms with Crippen LogP contribution < -0.4 is 9.83 Å². The number of rotatable bonds is 3. The van der Waals surface area contributed by atoms with E-state index in [-0.39, 0.29) is 0 Å². The van der Waals surface area contributed by atoms with Gasteiger partial charge in [0, 0.05) is 0 Å². The summed E-state index contributed by atoms with van der Waals surface area (Å²) in [5.74, 6) is 0.494. The molecule has 0 atom stereocenters. The van der Waals surface area contributed by atoms with E-state index in [2.05, 4.69) is 0 Å². The molecular weight excluding hydrogens is 247 g/mol. The Morgan fingerprint density at radius 1 is 0.889 bits per heavy atom. The molecule has 0 saturated carbocycles. The fourth-order valence-corrected chi connectivity index (χ4v) is 3.06. The minimum absolute atomic E-state index is 0.434. The second-order valence-corrected chi connectivity index (χ2v) is 6.40. The number of hydrogen-bond acceptors (Lipinski definition) is 3. The van der Waals surface area contributed by atoms with Gasteiger partial charge in [0.2, 0.25) is 0 Å². The maximum atomic E-state index is 10.1. The van der Waals surface area contributed by atoms with Crippen LogP contribution in [-0.2, 0) is 0 Å². The van der Waals surface area contributed by atoms with Crippen molar-refractivity contribution < 1.29 is 14.3 Å². The zero-order valence-electron chi connectivity index (χ0n) is 10.4. The quantitative estimate of drug-likeness (QED) is 0.837. The van der Waals surface area contributed by atoms with E-state index in [1.165, 1.54) is 0 Å². The van der Waals surface area contributed by atoms with Crippen LogP contribution in [0.1, 0.15) is 11.1 Å². The molecule has 3 nitrogen and oxygen atoms in total. The van der Waals surface area contributed by atoms with E-state index in [4.69, 9.17) is 4.52 Å². The second-order valence-electron chi connectivity index (χ2n) is 4.40. The van der Waals surface area contributed by atoms with Gasteiger partial charge in [-0.2, -0.15) is 0 Å². The van der Waals surface area contributed by atoms with E-state index >= 15 is 0 Å². The first-order chi connectivity index (χ1) is 8.47. The van der Waals surface area contributed by atoms with Crippen LogP contribution in [0.3, 0.4) is 0 Å². The fourth-order valence-electron chi connectivity index (χ4n) is 1.87. The molecule has 18 heavy (non-hydrogen) atoms. The zero-order chi connectivity index (χ0) is 13.2. The molecule has 0 aromatic heterocycles. The third kappa shape index (κ3) is 3.08. The summed E-state index contributed by atoms with van der Waals surface area (Å²) < 4.78 is 5.40. The van der Waals surface area contributed by atoms with Crippen LogP contribution in [0.4, 0.5) is 0 Å². The van der Waals surface area contributed by atoms with E-state index in [0.29, 0.717) is 11.1 Å². The summed E-state index contributed by atoms with van der Waals surface area (Å²) in [5.41, 5.74) is 2.06. The molecule has 0 saturated heterocycles. The van der Waals surface area contributed by atoms with Crippen molar-refractivity contribution in [2.24, 2.45) is 0 Å². The summed E-state index contributed by atoms with van der Waals surface area (Å²) in [6.07, 6.45) is 0. The van der Waals surface area contributed by atoms with Crippen molar-refractivity contribution in [2.75, 3.05) is 0 Å². The van der Waals surface area contributed by atoms with Crippen LogP contribution in [0.2, 0.25) is 0 Å². The van der Waals surface area contributed by atoms with Gasteiger partial charge in [0.1, 0.15) is 0 Å². The fraction of sp³-hybridized carbons (Fsp3) is 0.143. The molecule has 96 valence electrons. The van der Waals surface area contributed by atoms with Gasteiger partial charge in [0.05, 0.1) is 0 Å². The van der Waals surface area contributed by atoms with Gasteiger partial charge in [-0.15, -0.1) is 0 Å². The first-order valence-electron chi connectivity index (χ1n) is 5.75. The average molecular weight is 264 g/mol. The summed E-state index contributed by atoms with van der Waals surface area (Å²) in [6.45, 7) is 3.89. The summed E-state index contributed by atoms with van der Waals surface area (Å²) in [7, 11) is -3.87. The SMILES string of the molecule is Cc1cc(C)cc(O[PH](O)(O)c2ccccc2)c1. The summed E-state index contributed by atoms with van der Waals surface area (Å²) in [4.78, 5) is 20.2. The van der Waals surface area contributed by atoms with Crippen LogP contribution in [0.5, 0.6) is 5.75 Å². The van der Waals surface area contributed by atoms with E-state index < -0.39 is 7.94 Å². The van der Waals surface area contributed by atoms with E-state index in [1.54, 1.807) is 36.4 Å². The molecule has 2 aromatic carbocycles. The molecule has 0 heterocycles. The van der Waals surface area contributed by atoms with Gasteiger partial charge in [0.15, 0.2) is 0 Å². The van der Waals surface area contributed by atoms with Gasteiger partial charge in [-0.3, -0.25) is 0 Å². The van der Waals surface area contributed by atoms with Crippen molar-refractivity contribution in [1.29, 1.82) is 0 Å². The predicted molar refractivity (Wildman–Crippen MR) is 75.4 cm³/mol. The molecule has 0 aliphatic rings. The average Bonchev–Trinajstić information content (AvgIpc) is 2.28. The molecule has 2 rings (SSSR count). The Morgan fingerprint density at radius 2 is 1.44 bits per heavy atom. The third-order valence-electron chi connectivity index (χ3n) is 2.61. The van der Waals surface area contributed by atoms with Crippen molar-refractivity contribution in [3.8, 4) is 5.75 Å². The molecule has 0 fully saturated rings. The Kier molecular flexibility index (Phi) is 3.67. The van der Waals surface area contributed by atoms with Gasteiger partial charge in [-0.1, -0.05) is 0 Å². The molecule has 0 aliphatic heterocycles. The van der Waals surface area contributed by atoms with Gasteiger partial charge in [-0.05, 0) is 0 Å². The Morgan fingerprint density at radius 3 is 2.00 bits per heavy atom. The van der Waals surface area contributed by atoms with Crippen molar-refractivity contribution in [3.05, 3.63) is 59.7 Å². The van der Waals surface area contributed by atoms with Crippen molar-refractivity contribution in [1.82, 2.24) is 0 Å². The topological polar surface area (TPSA) is 49.7 Å². The molecule has 4 heteroatoms. The standard InChI is InChI=1S/C14H17O3P/c1-11-8-12(2)10-13(9-11)17-18(15,16)14-6-4-3-5-7-14/h3-10,15-16,18H,1-2H3. The second kappa shape index (κ2) is 5.07. The molecular formula is C14H17O3P. The monoisotopic (exact) mass is 264 g/mol. The normalized spacial score (nSPS) is 12.2. The molecule has 0 radical (unpaired) electrons. The number of aryl methyl sites for hydroxylation is 2. The van der Waals surface area contributed by atoms with Crippen LogP contribution in [0.25, 0.3) is 0 Å². The van der Waals surface area contributed by atoms with Crippen LogP contribution in [0.15, 0.2) is 48.5 Å². The van der Waals surface area contributed by atoms with Gasteiger partial charge in [0.25, 0.3) is 0 Å². The Balaban J connectivity index is 2.27. The first kappa shape index (κ1) is 13.0. The summed E-state index contributed by atoms with van der Waals surface area (Å²) in [6, 6.07) is 14.3. The molecule has 0 aliphatic carbocycles. The van der Waals surface area contributed by atoms with Crippen molar-refractivity contribution in [2.45, 2.75) is 13.8 Å². The molecule has 0 bridgehead atoms. The summed E-state index contributed by atoms with van der Waals surface area (Å²) in [5, 5.41) is 0.434. The Labute approximate surface area is 107 Å². The Bertz CT molecular complexity index is 518. The Hall–Kier alpha value is -1.41. The van der Waals surface area contributed by atoms with Gasteiger partial charge < -0.3 is 0 Å². The number of hydrogen-bond donors (Lipinski definition) is 2. The van der Waals surface area contributed by atoms with Crippen molar-refractivity contribution >= 4 is 13.2 Å². The first-order valence-corrected chi connectivity index (χ1v) is 7.55. The molecule has 0 unspecified atom stereocenters. The third-order valence-corrected chi connectivity index (χ3v) is 4.21. The molecule has 2 N–H and O–H groups in total.